The summed E-state index contributed by atoms with van der Waals surface area (Å²) < 4.78 is 0. The Labute approximate surface area is 81.3 Å². The highest BCUT2D eigenvalue weighted by molar-refractivity contribution is 6.27. The van der Waals surface area contributed by atoms with Crippen molar-refractivity contribution in [2.75, 3.05) is 5.88 Å². The van der Waals surface area contributed by atoms with Gasteiger partial charge in [-0.05, 0) is 6.92 Å². The van der Waals surface area contributed by atoms with E-state index in [9.17, 15) is 4.79 Å². The third-order valence-corrected chi connectivity index (χ3v) is 1.80. The molecular formula is C8H10ClN3O. The minimum absolute atomic E-state index is 0.0285. The first-order chi connectivity index (χ1) is 6.24. The van der Waals surface area contributed by atoms with Crippen LogP contribution in [-0.4, -0.2) is 21.8 Å². The van der Waals surface area contributed by atoms with Crippen molar-refractivity contribution in [2.45, 2.75) is 13.5 Å². The zero-order valence-electron chi connectivity index (χ0n) is 7.25. The van der Waals surface area contributed by atoms with Gasteiger partial charge in [0.15, 0.2) is 0 Å². The highest BCUT2D eigenvalue weighted by Crippen LogP contribution is 1.97. The van der Waals surface area contributed by atoms with Gasteiger partial charge in [-0.1, -0.05) is 0 Å². The maximum Gasteiger partial charge on any atom is 0.235 e. The normalized spacial score (nSPS) is 9.69. The number of alkyl halides is 1. The molecule has 70 valence electrons. The van der Waals surface area contributed by atoms with E-state index in [0.717, 1.165) is 11.4 Å². The molecule has 13 heavy (non-hydrogen) atoms. The van der Waals surface area contributed by atoms with Crippen molar-refractivity contribution in [3.63, 3.8) is 0 Å². The molecular weight excluding hydrogens is 190 g/mol. The number of carbonyl (C=O) groups excluding carboxylic acids is 1. The second-order valence-corrected chi connectivity index (χ2v) is 2.77. The topological polar surface area (TPSA) is 54.9 Å². The van der Waals surface area contributed by atoms with E-state index in [1.165, 1.54) is 0 Å². The van der Waals surface area contributed by atoms with Gasteiger partial charge < -0.3 is 5.32 Å². The summed E-state index contributed by atoms with van der Waals surface area (Å²) in [6, 6.07) is 0. The van der Waals surface area contributed by atoms with E-state index in [1.54, 1.807) is 12.4 Å². The highest BCUT2D eigenvalue weighted by Gasteiger charge is 2.02. The highest BCUT2D eigenvalue weighted by atomic mass is 35.5. The predicted octanol–water partition coefficient (Wildman–Crippen LogP) is 0.640. The number of amides is 1. The van der Waals surface area contributed by atoms with Crippen molar-refractivity contribution in [1.82, 2.24) is 15.3 Å². The second kappa shape index (κ2) is 4.77. The van der Waals surface area contributed by atoms with Crippen LogP contribution in [0.5, 0.6) is 0 Å². The van der Waals surface area contributed by atoms with Crippen LogP contribution in [0.1, 0.15) is 11.4 Å². The summed E-state index contributed by atoms with van der Waals surface area (Å²) >= 11 is 5.31. The molecule has 0 atom stereocenters. The Morgan fingerprint density at radius 3 is 2.85 bits per heavy atom. The van der Waals surface area contributed by atoms with Crippen molar-refractivity contribution >= 4 is 17.5 Å². The van der Waals surface area contributed by atoms with Crippen LogP contribution in [0, 0.1) is 6.92 Å². The smallest absolute Gasteiger partial charge is 0.235 e. The zero-order chi connectivity index (χ0) is 9.68. The number of nitrogens with one attached hydrogen (secondary N) is 1. The van der Waals surface area contributed by atoms with E-state index >= 15 is 0 Å². The Balaban J connectivity index is 2.54. The average Bonchev–Trinajstić information content (AvgIpc) is 2.16. The average molecular weight is 200 g/mol. The fourth-order valence-corrected chi connectivity index (χ4v) is 0.934. The van der Waals surface area contributed by atoms with Gasteiger partial charge in [0.2, 0.25) is 5.91 Å². The molecule has 1 amide bonds. The lowest BCUT2D eigenvalue weighted by atomic mass is 10.3. The number of hydrogen-bond acceptors (Lipinski definition) is 3. The molecule has 1 aromatic heterocycles. The molecule has 1 rings (SSSR count). The molecule has 0 aliphatic carbocycles. The molecule has 0 radical (unpaired) electrons. The predicted molar refractivity (Wildman–Crippen MR) is 49.3 cm³/mol. The quantitative estimate of drug-likeness (QED) is 0.727. The van der Waals surface area contributed by atoms with Crippen LogP contribution in [-0.2, 0) is 11.3 Å². The van der Waals surface area contributed by atoms with Gasteiger partial charge in [0, 0.05) is 12.4 Å². The molecule has 1 heterocycles. The van der Waals surface area contributed by atoms with Gasteiger partial charge in [0.25, 0.3) is 0 Å². The molecule has 0 saturated carbocycles. The number of carbonyl (C=O) groups is 1. The summed E-state index contributed by atoms with van der Waals surface area (Å²) in [5, 5.41) is 2.62. The van der Waals surface area contributed by atoms with Crippen molar-refractivity contribution in [2.24, 2.45) is 0 Å². The lowest BCUT2D eigenvalue weighted by Crippen LogP contribution is -2.24. The maximum atomic E-state index is 10.8. The molecule has 0 aromatic carbocycles. The van der Waals surface area contributed by atoms with E-state index in [0.29, 0.717) is 6.54 Å². The van der Waals surface area contributed by atoms with Crippen molar-refractivity contribution in [3.05, 3.63) is 23.8 Å². The molecule has 1 N–H and O–H groups in total. The molecule has 0 aliphatic rings. The first-order valence-corrected chi connectivity index (χ1v) is 4.36. The van der Waals surface area contributed by atoms with Crippen molar-refractivity contribution < 1.29 is 4.79 Å². The van der Waals surface area contributed by atoms with Crippen molar-refractivity contribution in [3.8, 4) is 0 Å². The van der Waals surface area contributed by atoms with Crippen LogP contribution >= 0.6 is 11.6 Å². The number of halogens is 1. The fraction of sp³-hybridized carbons (Fsp3) is 0.375. The monoisotopic (exact) mass is 199 g/mol. The first kappa shape index (κ1) is 9.92. The van der Waals surface area contributed by atoms with E-state index in [-0.39, 0.29) is 11.8 Å². The third kappa shape index (κ3) is 2.99. The van der Waals surface area contributed by atoms with Crippen LogP contribution in [0.15, 0.2) is 12.4 Å². The molecule has 0 unspecified atom stereocenters. The summed E-state index contributed by atoms with van der Waals surface area (Å²) in [7, 11) is 0. The Morgan fingerprint density at radius 2 is 2.23 bits per heavy atom. The van der Waals surface area contributed by atoms with Gasteiger partial charge in [0.1, 0.15) is 5.88 Å². The molecule has 0 fully saturated rings. The van der Waals surface area contributed by atoms with Gasteiger partial charge in [0.05, 0.1) is 17.9 Å². The summed E-state index contributed by atoms with van der Waals surface area (Å²) in [6.45, 7) is 2.22. The zero-order valence-corrected chi connectivity index (χ0v) is 8.01. The molecule has 0 aliphatic heterocycles. The van der Waals surface area contributed by atoms with Gasteiger partial charge in [-0.15, -0.1) is 11.6 Å². The Bertz CT molecular complexity index is 303. The largest absolute Gasteiger partial charge is 0.349 e. The lowest BCUT2D eigenvalue weighted by Gasteiger charge is -2.03. The molecule has 0 bridgehead atoms. The van der Waals surface area contributed by atoms with Gasteiger partial charge in [-0.25, -0.2) is 0 Å². The Morgan fingerprint density at radius 1 is 1.54 bits per heavy atom. The van der Waals surface area contributed by atoms with Crippen LogP contribution in [0.25, 0.3) is 0 Å². The second-order valence-electron chi connectivity index (χ2n) is 2.50. The number of hydrogen-bond donors (Lipinski definition) is 1. The lowest BCUT2D eigenvalue weighted by molar-refractivity contribution is -0.118. The summed E-state index contributed by atoms with van der Waals surface area (Å²) in [4.78, 5) is 18.9. The van der Waals surface area contributed by atoms with E-state index in [4.69, 9.17) is 11.6 Å². The van der Waals surface area contributed by atoms with E-state index in [1.807, 2.05) is 6.92 Å². The third-order valence-electron chi connectivity index (χ3n) is 1.56. The molecule has 5 heteroatoms. The number of aryl methyl sites for hydroxylation is 1. The molecule has 4 nitrogen and oxygen atoms in total. The SMILES string of the molecule is Cc1nccnc1CNC(=O)CCl. The standard InChI is InChI=1S/C8H10ClN3O/c1-6-7(11-3-2-10-6)5-12-8(13)4-9/h2-3H,4-5H2,1H3,(H,12,13). The summed E-state index contributed by atoms with van der Waals surface area (Å²) in [5.41, 5.74) is 1.58. The summed E-state index contributed by atoms with van der Waals surface area (Å²) in [6.07, 6.45) is 3.21. The van der Waals surface area contributed by atoms with Crippen LogP contribution in [0.4, 0.5) is 0 Å². The number of nitrogens with zero attached hydrogens (tertiary/aromatic N) is 2. The number of aromatic nitrogens is 2. The molecule has 0 spiro atoms. The van der Waals surface area contributed by atoms with Gasteiger partial charge >= 0.3 is 0 Å². The van der Waals surface area contributed by atoms with Crippen LogP contribution in [0.2, 0.25) is 0 Å². The maximum absolute atomic E-state index is 10.8. The minimum Gasteiger partial charge on any atom is -0.349 e. The summed E-state index contributed by atoms with van der Waals surface area (Å²) in [5.74, 6) is -0.231. The fourth-order valence-electron chi connectivity index (χ4n) is 0.839. The van der Waals surface area contributed by atoms with Crippen LogP contribution in [0.3, 0.4) is 0 Å². The first-order valence-electron chi connectivity index (χ1n) is 3.83. The minimum atomic E-state index is -0.202. The van der Waals surface area contributed by atoms with Crippen molar-refractivity contribution in [1.29, 1.82) is 0 Å². The van der Waals surface area contributed by atoms with Gasteiger partial charge in [-0.2, -0.15) is 0 Å². The van der Waals surface area contributed by atoms with Crippen LogP contribution < -0.4 is 5.32 Å². The Kier molecular flexibility index (Phi) is 3.64. The Hall–Kier alpha value is -1.16. The molecule has 0 saturated heterocycles. The van der Waals surface area contributed by atoms with E-state index in [2.05, 4.69) is 15.3 Å². The molecule has 1 aromatic rings. The van der Waals surface area contributed by atoms with E-state index < -0.39 is 0 Å². The van der Waals surface area contributed by atoms with Gasteiger partial charge in [-0.3, -0.25) is 14.8 Å². The number of rotatable bonds is 3.